The van der Waals surface area contributed by atoms with E-state index in [1.165, 1.54) is 0 Å². The smallest absolute Gasteiger partial charge is 0.131 e. The van der Waals surface area contributed by atoms with Crippen molar-refractivity contribution in [3.05, 3.63) is 83.4 Å². The minimum atomic E-state index is -0.220. The Balaban J connectivity index is 1.67. The summed E-state index contributed by atoms with van der Waals surface area (Å²) < 4.78 is 100. The molecular weight excluding hydrogens is 1010 g/mol. The number of hydrogen-bond acceptors (Lipinski definition) is 18. The number of methoxy groups -OCH3 is 3. The first-order valence-corrected chi connectivity index (χ1v) is 27.6. The first-order valence-electron chi connectivity index (χ1n) is 27.6. The molecule has 78 heavy (non-hydrogen) atoms. The van der Waals surface area contributed by atoms with Crippen molar-refractivity contribution in [2.45, 2.75) is 79.1 Å². The molecule has 0 aliphatic heterocycles. The molecule has 0 amide bonds. The van der Waals surface area contributed by atoms with Gasteiger partial charge in [-0.15, -0.1) is 0 Å². The standard InChI is InChI=1S/C60H90O18/c1-7-10-13-71-52-34-49(36-54(42-52)73-31-28-68-25-22-65-19-16-62-4)46-77-56-40-51(60-58(75-15-12-9-3)38-48(45-61)39-59(60)76-33-30-70-27-24-67-21-18-64-6)41-57(44-56)78-47-50-35-53(72-14-11-8-2)43-55(37-50)74-32-29-69-26-23-66-20-17-63-5/h34-44,61H,7-33,45-47H2,1-6H3. The molecule has 0 aliphatic rings. The van der Waals surface area contributed by atoms with Crippen LogP contribution in [0.4, 0.5) is 0 Å². The molecule has 0 unspecified atom stereocenters. The average molecular weight is 1100 g/mol. The summed E-state index contributed by atoms with van der Waals surface area (Å²) in [4.78, 5) is 0. The Hall–Kier alpha value is -5.12. The first kappa shape index (κ1) is 65.4. The normalized spacial score (nSPS) is 11.2. The van der Waals surface area contributed by atoms with Gasteiger partial charge in [0.15, 0.2) is 0 Å². The molecule has 1 N–H and O–H groups in total. The third kappa shape index (κ3) is 28.2. The summed E-state index contributed by atoms with van der Waals surface area (Å²) in [6, 6.07) is 21.0. The van der Waals surface area contributed by atoms with Crippen LogP contribution in [-0.4, -0.2) is 165 Å². The van der Waals surface area contributed by atoms with E-state index in [4.69, 9.17) is 80.5 Å². The monoisotopic (exact) mass is 1100 g/mol. The Kier molecular flexibility index (Phi) is 35.9. The van der Waals surface area contributed by atoms with Crippen LogP contribution in [0.3, 0.4) is 0 Å². The summed E-state index contributed by atoms with van der Waals surface area (Å²) in [5.41, 5.74) is 3.66. The lowest BCUT2D eigenvalue weighted by Crippen LogP contribution is -2.13. The van der Waals surface area contributed by atoms with Crippen LogP contribution < -0.4 is 37.9 Å². The predicted octanol–water partition coefficient (Wildman–Crippen LogP) is 9.72. The fraction of sp³-hybridized carbons (Fsp3) is 0.600. The molecular formula is C60H90O18. The van der Waals surface area contributed by atoms with E-state index in [2.05, 4.69) is 20.8 Å². The quantitative estimate of drug-likeness (QED) is 0.0413. The van der Waals surface area contributed by atoms with Gasteiger partial charge < -0.3 is 85.6 Å². The van der Waals surface area contributed by atoms with Crippen molar-refractivity contribution < 1.29 is 85.6 Å². The largest absolute Gasteiger partial charge is 0.493 e. The van der Waals surface area contributed by atoms with E-state index in [9.17, 15) is 5.11 Å². The summed E-state index contributed by atoms with van der Waals surface area (Å²) >= 11 is 0. The number of rotatable bonds is 50. The molecule has 0 heterocycles. The molecule has 0 fully saturated rings. The predicted molar refractivity (Wildman–Crippen MR) is 298 cm³/mol. The summed E-state index contributed by atoms with van der Waals surface area (Å²) in [5.74, 6) is 4.68. The molecule has 0 aliphatic carbocycles. The van der Waals surface area contributed by atoms with E-state index in [0.717, 1.165) is 49.7 Å². The number of benzene rings is 4. The summed E-state index contributed by atoms with van der Waals surface area (Å²) in [6.07, 6.45) is 5.56. The van der Waals surface area contributed by atoms with Crippen LogP contribution in [0, 0.1) is 0 Å². The van der Waals surface area contributed by atoms with Crippen molar-refractivity contribution in [1.29, 1.82) is 0 Å². The molecule has 4 aromatic rings. The van der Waals surface area contributed by atoms with Gasteiger partial charge in [0, 0.05) is 39.5 Å². The number of hydrogen-bond donors (Lipinski definition) is 1. The molecule has 18 nitrogen and oxygen atoms in total. The zero-order valence-electron chi connectivity index (χ0n) is 47.5. The number of aliphatic hydroxyl groups is 1. The lowest BCUT2D eigenvalue weighted by molar-refractivity contribution is 0.0179. The summed E-state index contributed by atoms with van der Waals surface area (Å²) in [7, 11) is 4.92. The molecule has 0 aromatic heterocycles. The van der Waals surface area contributed by atoms with Crippen LogP contribution in [-0.2, 0) is 62.5 Å². The van der Waals surface area contributed by atoms with E-state index in [-0.39, 0.29) is 26.4 Å². The third-order valence-corrected chi connectivity index (χ3v) is 11.3. The maximum absolute atomic E-state index is 10.5. The van der Waals surface area contributed by atoms with Crippen LogP contribution in [0.25, 0.3) is 11.1 Å². The highest BCUT2D eigenvalue weighted by atomic mass is 16.6. The van der Waals surface area contributed by atoms with Gasteiger partial charge in [0.2, 0.25) is 0 Å². The molecule has 4 aromatic carbocycles. The van der Waals surface area contributed by atoms with Gasteiger partial charge in [0.25, 0.3) is 0 Å². The van der Waals surface area contributed by atoms with Gasteiger partial charge in [-0.05, 0) is 90.0 Å². The maximum atomic E-state index is 10.5. The molecule has 0 saturated carbocycles. The fourth-order valence-electron chi connectivity index (χ4n) is 7.26. The summed E-state index contributed by atoms with van der Waals surface area (Å²) in [5, 5.41) is 10.5. The second-order valence-electron chi connectivity index (χ2n) is 17.8. The molecule has 438 valence electrons. The topological polar surface area (TPSA) is 177 Å². The number of aliphatic hydroxyl groups excluding tert-OH is 1. The highest BCUT2D eigenvalue weighted by molar-refractivity contribution is 5.79. The van der Waals surface area contributed by atoms with Crippen molar-refractivity contribution >= 4 is 0 Å². The molecule has 0 saturated heterocycles. The van der Waals surface area contributed by atoms with Crippen molar-refractivity contribution in [3.8, 4) is 57.1 Å². The second-order valence-corrected chi connectivity index (χ2v) is 17.8. The molecule has 0 radical (unpaired) electrons. The maximum Gasteiger partial charge on any atom is 0.131 e. The zero-order chi connectivity index (χ0) is 55.5. The molecule has 0 bridgehead atoms. The minimum absolute atomic E-state index is 0.168. The van der Waals surface area contributed by atoms with Crippen molar-refractivity contribution in [2.24, 2.45) is 0 Å². The highest BCUT2D eigenvalue weighted by Gasteiger charge is 2.20. The van der Waals surface area contributed by atoms with Crippen molar-refractivity contribution in [2.75, 3.05) is 160 Å². The lowest BCUT2D eigenvalue weighted by atomic mass is 10.00. The van der Waals surface area contributed by atoms with E-state index in [0.29, 0.717) is 195 Å². The lowest BCUT2D eigenvalue weighted by Gasteiger charge is -2.20. The van der Waals surface area contributed by atoms with E-state index >= 15 is 0 Å². The van der Waals surface area contributed by atoms with Gasteiger partial charge in [-0.3, -0.25) is 0 Å². The van der Waals surface area contributed by atoms with Gasteiger partial charge >= 0.3 is 0 Å². The molecule has 0 spiro atoms. The van der Waals surface area contributed by atoms with E-state index < -0.39 is 0 Å². The SMILES string of the molecule is CCCCOc1cc(COc2cc(OCc3cc(OCCCC)cc(OCCOCCOCCOC)c3)cc(-c3c(OCCCC)cc(CO)cc3OCCOCCOCCOC)c2)cc(OCCOCCOCCOC)c1. The van der Waals surface area contributed by atoms with Gasteiger partial charge in [-0.2, -0.15) is 0 Å². The van der Waals surface area contributed by atoms with Crippen molar-refractivity contribution in [1.82, 2.24) is 0 Å². The van der Waals surface area contributed by atoms with Crippen LogP contribution >= 0.6 is 0 Å². The average Bonchev–Trinajstić information content (AvgIpc) is 3.52. The Morgan fingerprint density at radius 2 is 0.590 bits per heavy atom. The highest BCUT2D eigenvalue weighted by Crippen LogP contribution is 2.43. The fourth-order valence-corrected chi connectivity index (χ4v) is 7.26. The van der Waals surface area contributed by atoms with E-state index in [1.54, 1.807) is 21.3 Å². The zero-order valence-corrected chi connectivity index (χ0v) is 47.5. The van der Waals surface area contributed by atoms with Gasteiger partial charge in [-0.25, -0.2) is 0 Å². The van der Waals surface area contributed by atoms with Crippen LogP contribution in [0.2, 0.25) is 0 Å². The number of ether oxygens (including phenoxy) is 17. The molecule has 0 atom stereocenters. The Labute approximate surface area is 463 Å². The Morgan fingerprint density at radius 3 is 0.936 bits per heavy atom. The molecule has 18 heteroatoms. The van der Waals surface area contributed by atoms with Gasteiger partial charge in [0.05, 0.1) is 131 Å². The number of unbranched alkanes of at least 4 members (excludes halogenated alkanes) is 3. The van der Waals surface area contributed by atoms with Gasteiger partial charge in [-0.1, -0.05) is 40.0 Å². The first-order chi connectivity index (χ1) is 38.4. The second kappa shape index (κ2) is 42.8. The Bertz CT molecular complexity index is 2040. The minimum Gasteiger partial charge on any atom is -0.493 e. The van der Waals surface area contributed by atoms with Crippen LogP contribution in [0.1, 0.15) is 76.0 Å². The van der Waals surface area contributed by atoms with Crippen LogP contribution in [0.15, 0.2) is 66.7 Å². The third-order valence-electron chi connectivity index (χ3n) is 11.3. The summed E-state index contributed by atoms with van der Waals surface area (Å²) in [6.45, 7) is 15.8. The molecule has 4 rings (SSSR count). The van der Waals surface area contributed by atoms with Crippen molar-refractivity contribution in [3.63, 3.8) is 0 Å². The van der Waals surface area contributed by atoms with E-state index in [1.807, 2.05) is 66.7 Å². The Morgan fingerprint density at radius 1 is 0.295 bits per heavy atom. The van der Waals surface area contributed by atoms with Gasteiger partial charge in [0.1, 0.15) is 79.0 Å². The van der Waals surface area contributed by atoms with Crippen LogP contribution in [0.5, 0.6) is 46.0 Å².